The van der Waals surface area contributed by atoms with Gasteiger partial charge in [0.15, 0.2) is 0 Å². The number of esters is 1. The minimum absolute atomic E-state index is 0.0855. The van der Waals surface area contributed by atoms with E-state index in [1.54, 1.807) is 0 Å². The number of likely N-dealkylation sites (tertiary alicyclic amines) is 1. The molecule has 3 N–H and O–H groups in total. The highest BCUT2D eigenvalue weighted by atomic mass is 16.5. The summed E-state index contributed by atoms with van der Waals surface area (Å²) in [6, 6.07) is -2.47. The molecule has 2 atom stereocenters. The van der Waals surface area contributed by atoms with Gasteiger partial charge in [0.1, 0.15) is 12.1 Å². The number of urea groups is 1. The van der Waals surface area contributed by atoms with Gasteiger partial charge >= 0.3 is 18.0 Å². The quantitative estimate of drug-likeness (QED) is 0.563. The Morgan fingerprint density at radius 1 is 1.47 bits per heavy atom. The summed E-state index contributed by atoms with van der Waals surface area (Å²) in [6.07, 6.45) is 1.07. The zero-order valence-electron chi connectivity index (χ0n) is 10.7. The third-order valence-electron chi connectivity index (χ3n) is 3.00. The highest BCUT2D eigenvalue weighted by Gasteiger charge is 2.36. The molecule has 0 aromatic carbocycles. The van der Waals surface area contributed by atoms with Crippen LogP contribution in [-0.4, -0.2) is 65.4 Å². The Kier molecular flexibility index (Phi) is 5.56. The molecule has 19 heavy (non-hydrogen) atoms. The van der Waals surface area contributed by atoms with E-state index in [1.165, 1.54) is 12.0 Å². The van der Waals surface area contributed by atoms with Crippen LogP contribution in [0.15, 0.2) is 0 Å². The summed E-state index contributed by atoms with van der Waals surface area (Å²) in [5.41, 5.74) is 0. The van der Waals surface area contributed by atoms with Crippen molar-refractivity contribution in [3.8, 4) is 0 Å². The maximum atomic E-state index is 11.9. The van der Waals surface area contributed by atoms with Crippen molar-refractivity contribution in [3.05, 3.63) is 0 Å². The smallest absolute Gasteiger partial charge is 0.328 e. The van der Waals surface area contributed by atoms with E-state index in [4.69, 9.17) is 10.2 Å². The summed E-state index contributed by atoms with van der Waals surface area (Å²) in [7, 11) is 1.24. The monoisotopic (exact) mass is 274 g/mol. The van der Waals surface area contributed by atoms with Crippen molar-refractivity contribution in [2.24, 2.45) is 0 Å². The van der Waals surface area contributed by atoms with E-state index < -0.39 is 30.1 Å². The predicted molar refractivity (Wildman–Crippen MR) is 63.4 cm³/mol. The van der Waals surface area contributed by atoms with Crippen LogP contribution in [0.2, 0.25) is 0 Å². The fraction of sp³-hybridized carbons (Fsp3) is 0.727. The molecule has 8 nitrogen and oxygen atoms in total. The van der Waals surface area contributed by atoms with Gasteiger partial charge in [0.25, 0.3) is 0 Å². The number of aliphatic hydroxyl groups is 1. The first-order chi connectivity index (χ1) is 9.01. The molecule has 0 bridgehead atoms. The van der Waals surface area contributed by atoms with Gasteiger partial charge in [-0.3, -0.25) is 0 Å². The second-order valence-corrected chi connectivity index (χ2v) is 4.23. The zero-order valence-corrected chi connectivity index (χ0v) is 10.7. The summed E-state index contributed by atoms with van der Waals surface area (Å²) < 4.78 is 4.60. The molecule has 2 amide bonds. The van der Waals surface area contributed by atoms with E-state index in [9.17, 15) is 14.4 Å². The van der Waals surface area contributed by atoms with Crippen LogP contribution in [0, 0.1) is 0 Å². The number of methoxy groups -OCH3 is 1. The molecule has 0 saturated carbocycles. The van der Waals surface area contributed by atoms with Crippen LogP contribution in [0.5, 0.6) is 0 Å². The predicted octanol–water partition coefficient (Wildman–Crippen LogP) is -0.831. The molecule has 108 valence electrons. The molecule has 1 aliphatic heterocycles. The van der Waals surface area contributed by atoms with Crippen molar-refractivity contribution in [1.29, 1.82) is 0 Å². The number of ether oxygens (including phenoxy) is 1. The number of carbonyl (C=O) groups excluding carboxylic acids is 2. The Labute approximate surface area is 110 Å². The van der Waals surface area contributed by atoms with E-state index in [0.29, 0.717) is 19.4 Å². The summed E-state index contributed by atoms with van der Waals surface area (Å²) >= 11 is 0. The van der Waals surface area contributed by atoms with Crippen LogP contribution in [0.4, 0.5) is 4.79 Å². The lowest BCUT2D eigenvalue weighted by molar-refractivity contribution is -0.144. The summed E-state index contributed by atoms with van der Waals surface area (Å²) in [6.45, 7) is 0.0226. The molecule has 1 saturated heterocycles. The van der Waals surface area contributed by atoms with Crippen LogP contribution >= 0.6 is 0 Å². The molecule has 0 aliphatic carbocycles. The Morgan fingerprint density at radius 2 is 2.16 bits per heavy atom. The first-order valence-electron chi connectivity index (χ1n) is 6.00. The summed E-state index contributed by atoms with van der Waals surface area (Å²) in [4.78, 5) is 35.5. The Bertz CT molecular complexity index is 359. The number of amides is 2. The normalized spacial score (nSPS) is 19.9. The van der Waals surface area contributed by atoms with Crippen molar-refractivity contribution in [3.63, 3.8) is 0 Å². The molecule has 1 rings (SSSR count). The third kappa shape index (κ3) is 3.82. The molecular formula is C11H18N2O6. The lowest BCUT2D eigenvalue weighted by Crippen LogP contribution is -2.51. The average Bonchev–Trinajstić information content (AvgIpc) is 2.86. The maximum Gasteiger partial charge on any atom is 0.328 e. The highest BCUT2D eigenvalue weighted by Crippen LogP contribution is 2.18. The fourth-order valence-electron chi connectivity index (χ4n) is 2.01. The molecule has 0 aromatic heterocycles. The SMILES string of the molecule is COC(=O)C1CCCN1C(=O)N[C@H](CCO)C(=O)O. The number of nitrogens with zero attached hydrogens (tertiary/aromatic N) is 1. The Balaban J connectivity index is 2.65. The van der Waals surface area contributed by atoms with E-state index in [1.807, 2.05) is 0 Å². The second-order valence-electron chi connectivity index (χ2n) is 4.23. The van der Waals surface area contributed by atoms with Gasteiger partial charge in [-0.2, -0.15) is 0 Å². The van der Waals surface area contributed by atoms with E-state index in [-0.39, 0.29) is 13.0 Å². The molecule has 1 aliphatic rings. The standard InChI is InChI=1S/C11H18N2O6/c1-19-10(17)8-3-2-5-13(8)11(18)12-7(4-6-14)9(15)16/h7-8,14H,2-6H2,1H3,(H,12,18)(H,15,16)/t7-,8?/m1/s1. The number of hydrogen-bond acceptors (Lipinski definition) is 5. The average molecular weight is 274 g/mol. The molecule has 0 spiro atoms. The summed E-state index contributed by atoms with van der Waals surface area (Å²) in [5, 5.41) is 19.9. The van der Waals surface area contributed by atoms with Crippen molar-refractivity contribution in [2.75, 3.05) is 20.3 Å². The number of aliphatic carboxylic acids is 1. The lowest BCUT2D eigenvalue weighted by atomic mass is 10.2. The van der Waals surface area contributed by atoms with Gasteiger partial charge in [-0.15, -0.1) is 0 Å². The molecule has 1 fully saturated rings. The largest absolute Gasteiger partial charge is 0.480 e. The lowest BCUT2D eigenvalue weighted by Gasteiger charge is -2.24. The van der Waals surface area contributed by atoms with Crippen LogP contribution in [0.1, 0.15) is 19.3 Å². The van der Waals surface area contributed by atoms with Crippen LogP contribution in [-0.2, 0) is 14.3 Å². The van der Waals surface area contributed by atoms with Crippen LogP contribution in [0.3, 0.4) is 0 Å². The summed E-state index contributed by atoms with van der Waals surface area (Å²) in [5.74, 6) is -1.74. The Hall–Kier alpha value is -1.83. The van der Waals surface area contributed by atoms with Crippen molar-refractivity contribution in [1.82, 2.24) is 10.2 Å². The highest BCUT2D eigenvalue weighted by molar-refractivity contribution is 5.87. The van der Waals surface area contributed by atoms with E-state index >= 15 is 0 Å². The molecule has 0 aromatic rings. The van der Waals surface area contributed by atoms with E-state index in [2.05, 4.69) is 10.1 Å². The molecular weight excluding hydrogens is 256 g/mol. The first-order valence-corrected chi connectivity index (χ1v) is 6.00. The van der Waals surface area contributed by atoms with E-state index in [0.717, 1.165) is 0 Å². The number of carbonyl (C=O) groups is 3. The maximum absolute atomic E-state index is 11.9. The molecule has 1 unspecified atom stereocenters. The number of aliphatic hydroxyl groups excluding tert-OH is 1. The molecule has 0 radical (unpaired) electrons. The second kappa shape index (κ2) is 6.93. The van der Waals surface area contributed by atoms with Gasteiger partial charge in [0.2, 0.25) is 0 Å². The number of hydrogen-bond donors (Lipinski definition) is 3. The topological polar surface area (TPSA) is 116 Å². The minimum Gasteiger partial charge on any atom is -0.480 e. The van der Waals surface area contributed by atoms with Gasteiger partial charge in [-0.05, 0) is 12.8 Å². The van der Waals surface area contributed by atoms with Crippen molar-refractivity contribution in [2.45, 2.75) is 31.3 Å². The third-order valence-corrected chi connectivity index (χ3v) is 3.00. The van der Waals surface area contributed by atoms with Crippen LogP contribution < -0.4 is 5.32 Å². The van der Waals surface area contributed by atoms with Gasteiger partial charge < -0.3 is 25.2 Å². The first kappa shape index (κ1) is 15.2. The molecule has 1 heterocycles. The molecule has 8 heteroatoms. The Morgan fingerprint density at radius 3 is 2.68 bits per heavy atom. The number of carboxylic acids is 1. The number of carboxylic acid groups (broad SMARTS) is 1. The van der Waals surface area contributed by atoms with Gasteiger partial charge in [0.05, 0.1) is 7.11 Å². The fourth-order valence-corrected chi connectivity index (χ4v) is 2.01. The number of nitrogens with one attached hydrogen (secondary N) is 1. The van der Waals surface area contributed by atoms with Crippen LogP contribution in [0.25, 0.3) is 0 Å². The minimum atomic E-state index is -1.23. The van der Waals surface area contributed by atoms with Gasteiger partial charge in [0, 0.05) is 19.6 Å². The zero-order chi connectivity index (χ0) is 14.4. The van der Waals surface area contributed by atoms with Gasteiger partial charge in [-0.1, -0.05) is 0 Å². The van der Waals surface area contributed by atoms with Gasteiger partial charge in [-0.25, -0.2) is 14.4 Å². The number of rotatable bonds is 5. The van der Waals surface area contributed by atoms with Crippen molar-refractivity contribution < 1.29 is 29.3 Å². The van der Waals surface area contributed by atoms with Crippen molar-refractivity contribution >= 4 is 18.0 Å².